The van der Waals surface area contributed by atoms with Crippen LogP contribution in [0.15, 0.2) is 22.7 Å². The average Bonchev–Trinajstić information content (AvgIpc) is 3.28. The van der Waals surface area contributed by atoms with E-state index in [9.17, 15) is 9.59 Å². The van der Waals surface area contributed by atoms with Crippen LogP contribution in [0.3, 0.4) is 0 Å². The van der Waals surface area contributed by atoms with E-state index in [1.807, 2.05) is 26.8 Å². The van der Waals surface area contributed by atoms with E-state index in [-0.39, 0.29) is 24.2 Å². The van der Waals surface area contributed by atoms with Gasteiger partial charge in [-0.2, -0.15) is 4.98 Å². The molecule has 7 nitrogen and oxygen atoms in total. The second-order valence-electron chi connectivity index (χ2n) is 7.03. The van der Waals surface area contributed by atoms with Crippen LogP contribution in [0.5, 0.6) is 0 Å². The highest BCUT2D eigenvalue weighted by Crippen LogP contribution is 2.21. The van der Waals surface area contributed by atoms with Gasteiger partial charge in [0.1, 0.15) is 0 Å². The zero-order valence-electron chi connectivity index (χ0n) is 15.3. The maximum atomic E-state index is 12.2. The summed E-state index contributed by atoms with van der Waals surface area (Å²) in [6, 6.07) is 5.62. The monoisotopic (exact) mass is 356 g/mol. The molecule has 0 spiro atoms. The molecule has 26 heavy (non-hydrogen) atoms. The number of nitrogens with one attached hydrogen (secondary N) is 2. The Balaban J connectivity index is 1.58. The van der Waals surface area contributed by atoms with Gasteiger partial charge < -0.3 is 15.2 Å². The van der Waals surface area contributed by atoms with Crippen molar-refractivity contribution in [3.8, 4) is 0 Å². The summed E-state index contributed by atoms with van der Waals surface area (Å²) in [6.45, 7) is 5.86. The topological polar surface area (TPSA) is 97.1 Å². The lowest BCUT2D eigenvalue weighted by atomic mass is 10.1. The number of hydrogen-bond donors (Lipinski definition) is 2. The van der Waals surface area contributed by atoms with Gasteiger partial charge in [-0.15, -0.1) is 0 Å². The second kappa shape index (κ2) is 7.68. The second-order valence-corrected chi connectivity index (χ2v) is 7.03. The van der Waals surface area contributed by atoms with Gasteiger partial charge in [-0.05, 0) is 37.5 Å². The molecule has 3 rings (SSSR count). The SMILES string of the molecule is Cc1ccc(C(=O)NC2CC2)cc1NC(=O)CCc1nc(C(C)C)no1. The van der Waals surface area contributed by atoms with Crippen LogP contribution in [-0.2, 0) is 11.2 Å². The van der Waals surface area contributed by atoms with Crippen LogP contribution in [-0.4, -0.2) is 28.0 Å². The summed E-state index contributed by atoms with van der Waals surface area (Å²) in [4.78, 5) is 28.7. The fraction of sp³-hybridized carbons (Fsp3) is 0.474. The van der Waals surface area contributed by atoms with Crippen LogP contribution >= 0.6 is 0 Å². The Morgan fingerprint density at radius 3 is 2.73 bits per heavy atom. The average molecular weight is 356 g/mol. The third kappa shape index (κ3) is 4.68. The molecule has 2 amide bonds. The Kier molecular flexibility index (Phi) is 5.35. The van der Waals surface area contributed by atoms with Crippen molar-refractivity contribution in [3.05, 3.63) is 41.0 Å². The molecule has 0 saturated heterocycles. The van der Waals surface area contributed by atoms with Crippen LogP contribution in [0.4, 0.5) is 5.69 Å². The van der Waals surface area contributed by atoms with Crippen LogP contribution in [0.2, 0.25) is 0 Å². The van der Waals surface area contributed by atoms with Crippen LogP contribution < -0.4 is 10.6 Å². The summed E-state index contributed by atoms with van der Waals surface area (Å²) in [7, 11) is 0. The summed E-state index contributed by atoms with van der Waals surface area (Å²) < 4.78 is 5.15. The number of amides is 2. The minimum absolute atomic E-state index is 0.102. The van der Waals surface area contributed by atoms with Gasteiger partial charge in [0.2, 0.25) is 11.8 Å². The molecule has 0 bridgehead atoms. The molecule has 138 valence electrons. The molecule has 0 unspecified atom stereocenters. The number of rotatable bonds is 7. The van der Waals surface area contributed by atoms with Gasteiger partial charge in [0, 0.05) is 36.1 Å². The minimum Gasteiger partial charge on any atom is -0.349 e. The fourth-order valence-corrected chi connectivity index (χ4v) is 2.43. The molecule has 1 saturated carbocycles. The first kappa shape index (κ1) is 18.1. The van der Waals surface area contributed by atoms with Gasteiger partial charge in [0.05, 0.1) is 0 Å². The first-order valence-corrected chi connectivity index (χ1v) is 8.96. The van der Waals surface area contributed by atoms with Crippen molar-refractivity contribution in [2.45, 2.75) is 58.4 Å². The molecule has 1 aromatic heterocycles. The predicted octanol–water partition coefficient (Wildman–Crippen LogP) is 2.96. The van der Waals surface area contributed by atoms with Crippen molar-refractivity contribution in [2.24, 2.45) is 0 Å². The highest BCUT2D eigenvalue weighted by atomic mass is 16.5. The fourth-order valence-electron chi connectivity index (χ4n) is 2.43. The molecular weight excluding hydrogens is 332 g/mol. The van der Waals surface area contributed by atoms with E-state index in [0.717, 1.165) is 18.4 Å². The van der Waals surface area contributed by atoms with Crippen molar-refractivity contribution in [1.29, 1.82) is 0 Å². The molecule has 1 aromatic carbocycles. The van der Waals surface area contributed by atoms with E-state index in [1.54, 1.807) is 12.1 Å². The number of benzene rings is 1. The molecule has 7 heteroatoms. The van der Waals surface area contributed by atoms with Gasteiger partial charge in [-0.3, -0.25) is 9.59 Å². The van der Waals surface area contributed by atoms with E-state index < -0.39 is 0 Å². The van der Waals surface area contributed by atoms with Gasteiger partial charge in [0.25, 0.3) is 5.91 Å². The number of carbonyl (C=O) groups excluding carboxylic acids is 2. The standard InChI is InChI=1S/C19H24N4O3/c1-11(2)18-22-17(26-23-18)9-8-16(24)21-15-10-13(5-4-12(15)3)19(25)20-14-6-7-14/h4-5,10-11,14H,6-9H2,1-3H3,(H,20,25)(H,21,24). The Labute approximate surface area is 152 Å². The van der Waals surface area contributed by atoms with E-state index >= 15 is 0 Å². The predicted molar refractivity (Wildman–Crippen MR) is 97.0 cm³/mol. The number of aryl methyl sites for hydroxylation is 2. The van der Waals surface area contributed by atoms with Gasteiger partial charge in [-0.25, -0.2) is 0 Å². The Hall–Kier alpha value is -2.70. The lowest BCUT2D eigenvalue weighted by Gasteiger charge is -2.10. The van der Waals surface area contributed by atoms with Crippen LogP contribution in [0, 0.1) is 6.92 Å². The molecule has 1 aliphatic carbocycles. The Bertz CT molecular complexity index is 809. The van der Waals surface area contributed by atoms with Crippen molar-refractivity contribution in [1.82, 2.24) is 15.5 Å². The highest BCUT2D eigenvalue weighted by molar-refractivity contribution is 5.98. The van der Waals surface area contributed by atoms with Gasteiger partial charge >= 0.3 is 0 Å². The van der Waals surface area contributed by atoms with E-state index in [0.29, 0.717) is 35.4 Å². The quantitative estimate of drug-likeness (QED) is 0.795. The number of carbonyl (C=O) groups is 2. The highest BCUT2D eigenvalue weighted by Gasteiger charge is 2.24. The number of nitrogens with zero attached hydrogens (tertiary/aromatic N) is 2. The molecular formula is C19H24N4O3. The molecule has 2 aromatic rings. The first-order chi connectivity index (χ1) is 12.4. The maximum Gasteiger partial charge on any atom is 0.251 e. The van der Waals surface area contributed by atoms with Crippen molar-refractivity contribution >= 4 is 17.5 Å². The lowest BCUT2D eigenvalue weighted by molar-refractivity contribution is -0.116. The zero-order valence-corrected chi connectivity index (χ0v) is 15.3. The third-order valence-electron chi connectivity index (χ3n) is 4.25. The molecule has 1 aliphatic rings. The first-order valence-electron chi connectivity index (χ1n) is 8.96. The van der Waals surface area contributed by atoms with Crippen molar-refractivity contribution in [3.63, 3.8) is 0 Å². The van der Waals surface area contributed by atoms with E-state index in [2.05, 4.69) is 20.8 Å². The lowest BCUT2D eigenvalue weighted by Crippen LogP contribution is -2.25. The third-order valence-corrected chi connectivity index (χ3v) is 4.25. The van der Waals surface area contributed by atoms with Gasteiger partial charge in [0.15, 0.2) is 5.82 Å². The number of anilines is 1. The largest absolute Gasteiger partial charge is 0.349 e. The van der Waals surface area contributed by atoms with Crippen molar-refractivity contribution < 1.29 is 14.1 Å². The number of aromatic nitrogens is 2. The van der Waals surface area contributed by atoms with Crippen LogP contribution in [0.25, 0.3) is 0 Å². The number of hydrogen-bond acceptors (Lipinski definition) is 5. The van der Waals surface area contributed by atoms with E-state index in [4.69, 9.17) is 4.52 Å². The smallest absolute Gasteiger partial charge is 0.251 e. The maximum absolute atomic E-state index is 12.2. The molecule has 1 heterocycles. The normalized spacial score (nSPS) is 13.7. The summed E-state index contributed by atoms with van der Waals surface area (Å²) >= 11 is 0. The molecule has 0 aliphatic heterocycles. The molecule has 0 radical (unpaired) electrons. The Morgan fingerprint density at radius 2 is 2.08 bits per heavy atom. The molecule has 2 N–H and O–H groups in total. The zero-order chi connectivity index (χ0) is 18.7. The summed E-state index contributed by atoms with van der Waals surface area (Å²) in [5.74, 6) is 1.03. The molecule has 1 fully saturated rings. The minimum atomic E-state index is -0.155. The Morgan fingerprint density at radius 1 is 1.31 bits per heavy atom. The summed E-state index contributed by atoms with van der Waals surface area (Å²) in [5, 5.41) is 9.70. The van der Waals surface area contributed by atoms with Crippen molar-refractivity contribution in [2.75, 3.05) is 5.32 Å². The van der Waals surface area contributed by atoms with Gasteiger partial charge in [-0.1, -0.05) is 25.1 Å². The summed E-state index contributed by atoms with van der Waals surface area (Å²) in [6.07, 6.45) is 2.69. The van der Waals surface area contributed by atoms with Crippen LogP contribution in [0.1, 0.15) is 66.7 Å². The molecule has 0 atom stereocenters. The summed E-state index contributed by atoms with van der Waals surface area (Å²) in [5.41, 5.74) is 2.10. The van der Waals surface area contributed by atoms with E-state index in [1.165, 1.54) is 0 Å².